The van der Waals surface area contributed by atoms with Crippen LogP contribution in [0.5, 0.6) is 0 Å². The highest BCUT2D eigenvalue weighted by atomic mass is 16.3. The number of hydrogen-bond acceptors (Lipinski definition) is 3. The Morgan fingerprint density at radius 1 is 1.29 bits per heavy atom. The Morgan fingerprint density at radius 2 is 2.05 bits per heavy atom. The summed E-state index contributed by atoms with van der Waals surface area (Å²) in [5.74, 6) is 2.62. The molecule has 5 atom stereocenters. The molecule has 3 fully saturated rings. The molecule has 1 aliphatic heterocycles. The normalized spacial score (nSPS) is 39.3. The van der Waals surface area contributed by atoms with E-state index in [1.165, 1.54) is 19.3 Å². The third-order valence-electron chi connectivity index (χ3n) is 5.87. The second kappa shape index (κ2) is 6.25. The van der Waals surface area contributed by atoms with Crippen LogP contribution < -0.4 is 5.32 Å². The van der Waals surface area contributed by atoms with Gasteiger partial charge in [0, 0.05) is 31.7 Å². The molecule has 0 spiro atoms. The number of fused-ring (bicyclic) bond motifs is 2. The average Bonchev–Trinajstić information content (AvgIpc) is 3.13. The summed E-state index contributed by atoms with van der Waals surface area (Å²) >= 11 is 0. The second-order valence-corrected chi connectivity index (χ2v) is 7.85. The summed E-state index contributed by atoms with van der Waals surface area (Å²) in [4.78, 5) is 15.0. The molecule has 120 valence electrons. The lowest BCUT2D eigenvalue weighted by atomic mass is 9.84. The third-order valence-corrected chi connectivity index (χ3v) is 5.87. The van der Waals surface area contributed by atoms with Crippen molar-refractivity contribution in [1.82, 2.24) is 10.2 Å². The molecule has 1 amide bonds. The summed E-state index contributed by atoms with van der Waals surface area (Å²) in [6.07, 6.45) is 4.67. The average molecular weight is 294 g/mol. The molecule has 1 saturated heterocycles. The number of hydrogen-bond donors (Lipinski definition) is 2. The summed E-state index contributed by atoms with van der Waals surface area (Å²) in [6, 6.07) is 0.236. The molecule has 2 saturated carbocycles. The first-order valence-corrected chi connectivity index (χ1v) is 8.72. The molecule has 2 N–H and O–H groups in total. The Balaban J connectivity index is 1.53. The first kappa shape index (κ1) is 15.3. The van der Waals surface area contributed by atoms with Crippen LogP contribution in [0.25, 0.3) is 0 Å². The van der Waals surface area contributed by atoms with Crippen LogP contribution in [0.4, 0.5) is 0 Å². The topological polar surface area (TPSA) is 52.6 Å². The van der Waals surface area contributed by atoms with Crippen LogP contribution in [-0.2, 0) is 4.79 Å². The number of likely N-dealkylation sites (tertiary alicyclic amines) is 1. The predicted octanol–water partition coefficient (Wildman–Crippen LogP) is 1.49. The lowest BCUT2D eigenvalue weighted by Gasteiger charge is -2.31. The van der Waals surface area contributed by atoms with Crippen molar-refractivity contribution >= 4 is 5.91 Å². The standard InChI is InChI=1S/C17H30N2O2/c1-11(2)8-19-6-5-14(9-19)17(21)18-16-13-4-3-12(7-13)15(16)10-20/h11-16,20H,3-10H2,1-2H3,(H,18,21). The van der Waals surface area contributed by atoms with E-state index in [2.05, 4.69) is 24.1 Å². The number of aliphatic hydroxyl groups is 1. The Labute approximate surface area is 128 Å². The first-order chi connectivity index (χ1) is 10.1. The summed E-state index contributed by atoms with van der Waals surface area (Å²) in [7, 11) is 0. The van der Waals surface area contributed by atoms with Gasteiger partial charge in [-0.25, -0.2) is 0 Å². The van der Waals surface area contributed by atoms with E-state index in [4.69, 9.17) is 0 Å². The van der Waals surface area contributed by atoms with Gasteiger partial charge >= 0.3 is 0 Å². The highest BCUT2D eigenvalue weighted by Gasteiger charge is 2.48. The molecule has 0 aromatic rings. The lowest BCUT2D eigenvalue weighted by molar-refractivity contribution is -0.126. The predicted molar refractivity (Wildman–Crippen MR) is 82.7 cm³/mol. The molecule has 2 bridgehead atoms. The zero-order valence-corrected chi connectivity index (χ0v) is 13.4. The van der Waals surface area contributed by atoms with Crippen molar-refractivity contribution in [2.24, 2.45) is 29.6 Å². The molecule has 0 aromatic heterocycles. The number of rotatable bonds is 5. The minimum Gasteiger partial charge on any atom is -0.396 e. The smallest absolute Gasteiger partial charge is 0.224 e. The van der Waals surface area contributed by atoms with Crippen molar-refractivity contribution in [1.29, 1.82) is 0 Å². The SMILES string of the molecule is CC(C)CN1CCC(C(=O)NC2C3CCC(C3)C2CO)C1. The monoisotopic (exact) mass is 294 g/mol. The van der Waals surface area contributed by atoms with E-state index in [1.807, 2.05) is 0 Å². The third kappa shape index (κ3) is 3.11. The molecular weight excluding hydrogens is 264 g/mol. The van der Waals surface area contributed by atoms with Crippen molar-refractivity contribution in [3.63, 3.8) is 0 Å². The molecule has 1 heterocycles. The zero-order chi connectivity index (χ0) is 15.0. The van der Waals surface area contributed by atoms with Gasteiger partial charge in [0.2, 0.25) is 5.91 Å². The Kier molecular flexibility index (Phi) is 4.55. The quantitative estimate of drug-likeness (QED) is 0.808. The minimum atomic E-state index is 0.155. The molecule has 21 heavy (non-hydrogen) atoms. The van der Waals surface area contributed by atoms with Gasteiger partial charge in [0.15, 0.2) is 0 Å². The van der Waals surface area contributed by atoms with Crippen LogP contribution in [0.3, 0.4) is 0 Å². The molecular formula is C17H30N2O2. The molecule has 3 rings (SSSR count). The van der Waals surface area contributed by atoms with E-state index in [1.54, 1.807) is 0 Å². The fraction of sp³-hybridized carbons (Fsp3) is 0.941. The highest BCUT2D eigenvalue weighted by Crippen LogP contribution is 2.48. The summed E-state index contributed by atoms with van der Waals surface area (Å²) in [5, 5.41) is 12.9. The van der Waals surface area contributed by atoms with Gasteiger partial charge in [-0.3, -0.25) is 4.79 Å². The van der Waals surface area contributed by atoms with Gasteiger partial charge < -0.3 is 15.3 Å². The summed E-state index contributed by atoms with van der Waals surface area (Å²) in [6.45, 7) is 7.75. The number of amides is 1. The zero-order valence-electron chi connectivity index (χ0n) is 13.4. The van der Waals surface area contributed by atoms with Crippen LogP contribution in [0, 0.1) is 29.6 Å². The number of nitrogens with zero attached hydrogens (tertiary/aromatic N) is 1. The van der Waals surface area contributed by atoms with E-state index < -0.39 is 0 Å². The van der Waals surface area contributed by atoms with Gasteiger partial charge in [-0.15, -0.1) is 0 Å². The number of aliphatic hydroxyl groups excluding tert-OH is 1. The molecule has 0 radical (unpaired) electrons. The Morgan fingerprint density at radius 3 is 2.76 bits per heavy atom. The van der Waals surface area contributed by atoms with E-state index in [0.717, 1.165) is 26.1 Å². The molecule has 5 unspecified atom stereocenters. The first-order valence-electron chi connectivity index (χ1n) is 8.72. The van der Waals surface area contributed by atoms with Gasteiger partial charge in [0.1, 0.15) is 0 Å². The minimum absolute atomic E-state index is 0.155. The largest absolute Gasteiger partial charge is 0.396 e. The van der Waals surface area contributed by atoms with Crippen LogP contribution in [-0.4, -0.2) is 48.2 Å². The fourth-order valence-corrected chi connectivity index (χ4v) is 4.91. The van der Waals surface area contributed by atoms with Crippen LogP contribution in [0.15, 0.2) is 0 Å². The van der Waals surface area contributed by atoms with Crippen molar-refractivity contribution in [3.8, 4) is 0 Å². The lowest BCUT2D eigenvalue weighted by Crippen LogP contribution is -2.47. The molecule has 4 nitrogen and oxygen atoms in total. The van der Waals surface area contributed by atoms with E-state index >= 15 is 0 Å². The summed E-state index contributed by atoms with van der Waals surface area (Å²) < 4.78 is 0. The molecule has 2 aliphatic carbocycles. The van der Waals surface area contributed by atoms with Gasteiger partial charge in [-0.2, -0.15) is 0 Å². The number of nitrogens with one attached hydrogen (secondary N) is 1. The van der Waals surface area contributed by atoms with Crippen molar-refractivity contribution in [2.75, 3.05) is 26.2 Å². The summed E-state index contributed by atoms with van der Waals surface area (Å²) in [5.41, 5.74) is 0. The maximum absolute atomic E-state index is 12.6. The van der Waals surface area contributed by atoms with Gasteiger partial charge in [0.05, 0.1) is 5.92 Å². The van der Waals surface area contributed by atoms with Gasteiger partial charge in [0.25, 0.3) is 0 Å². The van der Waals surface area contributed by atoms with Gasteiger partial charge in [-0.1, -0.05) is 13.8 Å². The van der Waals surface area contributed by atoms with Crippen LogP contribution >= 0.6 is 0 Å². The molecule has 0 aromatic carbocycles. The molecule has 3 aliphatic rings. The maximum atomic E-state index is 12.6. The van der Waals surface area contributed by atoms with E-state index in [-0.39, 0.29) is 24.5 Å². The van der Waals surface area contributed by atoms with Crippen molar-refractivity contribution in [2.45, 2.75) is 45.6 Å². The van der Waals surface area contributed by atoms with Crippen LogP contribution in [0.2, 0.25) is 0 Å². The number of carbonyl (C=O) groups excluding carboxylic acids is 1. The highest BCUT2D eigenvalue weighted by molar-refractivity contribution is 5.79. The molecule has 4 heteroatoms. The van der Waals surface area contributed by atoms with Crippen molar-refractivity contribution in [3.05, 3.63) is 0 Å². The van der Waals surface area contributed by atoms with Crippen molar-refractivity contribution < 1.29 is 9.90 Å². The Bertz CT molecular complexity index is 385. The second-order valence-electron chi connectivity index (χ2n) is 7.85. The van der Waals surface area contributed by atoms with Gasteiger partial charge in [-0.05, 0) is 50.0 Å². The fourth-order valence-electron chi connectivity index (χ4n) is 4.91. The van der Waals surface area contributed by atoms with E-state index in [9.17, 15) is 9.90 Å². The Hall–Kier alpha value is -0.610. The maximum Gasteiger partial charge on any atom is 0.224 e. The van der Waals surface area contributed by atoms with E-state index in [0.29, 0.717) is 23.7 Å². The van der Waals surface area contributed by atoms with Crippen LogP contribution in [0.1, 0.15) is 39.5 Å². The number of carbonyl (C=O) groups is 1.